The number of pyridine rings is 1. The van der Waals surface area contributed by atoms with Crippen LogP contribution in [-0.4, -0.2) is 116 Å². The summed E-state index contributed by atoms with van der Waals surface area (Å²) in [6, 6.07) is 1.91. The average Bonchev–Trinajstić information content (AvgIpc) is 3.82. The normalized spacial score (nSPS) is 27.9. The van der Waals surface area contributed by atoms with Crippen molar-refractivity contribution in [3.63, 3.8) is 0 Å². The largest absolute Gasteiger partial charge is 0.496 e. The van der Waals surface area contributed by atoms with E-state index in [1.165, 1.54) is 11.0 Å². The third-order valence-corrected chi connectivity index (χ3v) is 14.8. The predicted octanol–water partition coefficient (Wildman–Crippen LogP) is 4.43. The van der Waals surface area contributed by atoms with E-state index in [9.17, 15) is 27.6 Å². The van der Waals surface area contributed by atoms with E-state index in [2.05, 4.69) is 32.2 Å². The summed E-state index contributed by atoms with van der Waals surface area (Å²) in [7, 11) is -2.49. The molecule has 348 valence electrons. The Balaban J connectivity index is 1.25. The zero-order chi connectivity index (χ0) is 45.8. The van der Waals surface area contributed by atoms with Crippen molar-refractivity contribution in [1.29, 1.82) is 0 Å². The number of methoxy groups -OCH3 is 1. The van der Waals surface area contributed by atoms with Gasteiger partial charge in [0.05, 0.1) is 32.1 Å². The number of hydrogen-bond donors (Lipinski definition) is 4. The smallest absolute Gasteiger partial charge is 0.408 e. The second kappa shape index (κ2) is 19.5. The molecule has 3 aliphatic carbocycles. The number of rotatable bonds is 9. The van der Waals surface area contributed by atoms with E-state index in [0.717, 1.165) is 43.9 Å². The first-order chi connectivity index (χ1) is 30.5. The van der Waals surface area contributed by atoms with Crippen LogP contribution in [0.25, 0.3) is 16.8 Å². The van der Waals surface area contributed by atoms with Crippen LogP contribution >= 0.6 is 0 Å². The molecule has 64 heavy (non-hydrogen) atoms. The van der Waals surface area contributed by atoms with Crippen molar-refractivity contribution in [1.82, 2.24) is 30.6 Å². The fraction of sp³-hybridized carbons (Fsp3) is 0.609. The third-order valence-electron chi connectivity index (χ3n) is 13.0. The van der Waals surface area contributed by atoms with Crippen LogP contribution in [0.2, 0.25) is 0 Å². The highest BCUT2D eigenvalue weighted by Gasteiger charge is 2.62. The number of hydrogen-bond acceptors (Lipinski definition) is 12. The summed E-state index contributed by atoms with van der Waals surface area (Å²) in [6.45, 7) is 8.64. The molecule has 1 saturated heterocycles. The van der Waals surface area contributed by atoms with E-state index in [0.29, 0.717) is 42.4 Å². The van der Waals surface area contributed by atoms with Crippen LogP contribution < -0.4 is 30.1 Å². The van der Waals surface area contributed by atoms with Gasteiger partial charge in [-0.15, -0.1) is 6.58 Å². The van der Waals surface area contributed by atoms with Gasteiger partial charge in [-0.25, -0.2) is 18.2 Å². The standard InChI is InChI=1S/C46H62N6O11S/c1-6-31-25-46(31,43(56)51-64(58,59)33-17-11-8-12-18-33)50-40(54)36-24-32-26-52(36)42(55)38(28-14-9-7-10-15-28)49-39(53)35(48-44(57)63-45(2,3)4)27-61-21-13-16-30-22-34-29(23-37(30)60-5)19-20-47-41(34)62-32/h6,13,16,19-20,22-23,28,31-33,35-36,38H,1,7-12,14-15,17-18,21,24-27H2,2-5H3,(H,48,57)(H,49,53)(H,50,54)(H,51,56)/b16-13-/t31-,32-,35+,36+,38+,46-/m1/s1. The molecule has 5 aliphatic rings. The Kier molecular flexibility index (Phi) is 14.2. The van der Waals surface area contributed by atoms with Gasteiger partial charge >= 0.3 is 6.09 Å². The molecule has 3 heterocycles. The number of benzene rings is 1. The van der Waals surface area contributed by atoms with Gasteiger partial charge in [0.1, 0.15) is 41.1 Å². The first kappa shape index (κ1) is 46.8. The molecule has 4 N–H and O–H groups in total. The van der Waals surface area contributed by atoms with E-state index in [1.807, 2.05) is 18.2 Å². The Hall–Kier alpha value is -5.23. The molecule has 0 unspecified atom stereocenters. The molecule has 5 amide bonds. The fourth-order valence-corrected chi connectivity index (χ4v) is 11.0. The summed E-state index contributed by atoms with van der Waals surface area (Å²) in [5.41, 5.74) is -1.81. The van der Waals surface area contributed by atoms with E-state index < -0.39 is 86.3 Å². The van der Waals surface area contributed by atoms with Gasteiger partial charge in [0.25, 0.3) is 5.91 Å². The first-order valence-electron chi connectivity index (χ1n) is 22.5. The zero-order valence-corrected chi connectivity index (χ0v) is 38.0. The minimum atomic E-state index is -4.04. The molecule has 17 nitrogen and oxygen atoms in total. The molecule has 1 aromatic heterocycles. The highest BCUT2D eigenvalue weighted by Crippen LogP contribution is 2.45. The lowest BCUT2D eigenvalue weighted by Crippen LogP contribution is -2.61. The van der Waals surface area contributed by atoms with E-state index in [1.54, 1.807) is 46.2 Å². The summed E-state index contributed by atoms with van der Waals surface area (Å²) in [5, 5.41) is 9.13. The van der Waals surface area contributed by atoms with Gasteiger partial charge in [-0.3, -0.25) is 23.9 Å². The molecule has 4 bridgehead atoms. The molecule has 6 atom stereocenters. The van der Waals surface area contributed by atoms with Crippen LogP contribution in [-0.2, 0) is 38.7 Å². The molecule has 0 radical (unpaired) electrons. The maximum absolute atomic E-state index is 15.2. The molecule has 7 rings (SSSR count). The van der Waals surface area contributed by atoms with E-state index >= 15 is 4.79 Å². The van der Waals surface area contributed by atoms with E-state index in [-0.39, 0.29) is 44.4 Å². The van der Waals surface area contributed by atoms with Crippen LogP contribution in [0.15, 0.2) is 43.1 Å². The molecule has 1 aromatic carbocycles. The molecular weight excluding hydrogens is 845 g/mol. The number of alkyl carbamates (subject to hydrolysis) is 1. The summed E-state index contributed by atoms with van der Waals surface area (Å²) in [5.74, 6) is -2.82. The Morgan fingerprint density at radius 3 is 2.44 bits per heavy atom. The lowest BCUT2D eigenvalue weighted by atomic mass is 9.83. The molecule has 4 fully saturated rings. The van der Waals surface area contributed by atoms with Gasteiger partial charge in [0.15, 0.2) is 0 Å². The zero-order valence-electron chi connectivity index (χ0n) is 37.2. The number of sulfonamides is 1. The Bertz CT molecular complexity index is 2250. The molecular formula is C46H62N6O11S. The second-order valence-electron chi connectivity index (χ2n) is 18.7. The summed E-state index contributed by atoms with van der Waals surface area (Å²) in [4.78, 5) is 77.3. The first-order valence-corrected chi connectivity index (χ1v) is 24.0. The minimum Gasteiger partial charge on any atom is -0.496 e. The lowest BCUT2D eigenvalue weighted by Gasteiger charge is -2.35. The number of nitrogens with one attached hydrogen (secondary N) is 4. The predicted molar refractivity (Wildman–Crippen MR) is 237 cm³/mol. The van der Waals surface area contributed by atoms with Gasteiger partial charge in [0, 0.05) is 29.5 Å². The van der Waals surface area contributed by atoms with Gasteiger partial charge in [-0.05, 0) is 82.4 Å². The Morgan fingerprint density at radius 2 is 1.77 bits per heavy atom. The maximum atomic E-state index is 15.2. The summed E-state index contributed by atoms with van der Waals surface area (Å²) in [6.07, 6.45) is 12.2. The van der Waals surface area contributed by atoms with Crippen LogP contribution in [0.4, 0.5) is 4.79 Å². The quantitative estimate of drug-likeness (QED) is 0.257. The number of amides is 5. The number of aromatic nitrogens is 1. The van der Waals surface area contributed by atoms with Crippen LogP contribution in [0.1, 0.15) is 103 Å². The van der Waals surface area contributed by atoms with Crippen molar-refractivity contribution >= 4 is 56.6 Å². The van der Waals surface area contributed by atoms with Crippen molar-refractivity contribution in [3.8, 4) is 11.6 Å². The molecule has 18 heteroatoms. The second-order valence-corrected chi connectivity index (χ2v) is 20.6. The minimum absolute atomic E-state index is 0.0165. The van der Waals surface area contributed by atoms with Crippen LogP contribution in [0.3, 0.4) is 0 Å². The molecule has 3 saturated carbocycles. The van der Waals surface area contributed by atoms with Crippen molar-refractivity contribution < 1.29 is 51.3 Å². The van der Waals surface area contributed by atoms with Gasteiger partial charge < -0.3 is 39.8 Å². The van der Waals surface area contributed by atoms with Crippen molar-refractivity contribution in [2.24, 2.45) is 11.8 Å². The lowest BCUT2D eigenvalue weighted by molar-refractivity contribution is -0.144. The SMILES string of the molecule is C=C[C@@H]1C[C@]1(NC(=O)[C@@H]1C[C@@H]2CN1C(=O)[C@H](C1CCCCC1)NC(=O)[C@@H](NC(=O)OC(C)(C)C)COC/C=C\c1cc3c(nccc3cc1OC)O2)C(=O)NS(=O)(=O)C1CCCCC1. The van der Waals surface area contributed by atoms with Gasteiger partial charge in [0.2, 0.25) is 33.6 Å². The Morgan fingerprint density at radius 1 is 1.05 bits per heavy atom. The monoisotopic (exact) mass is 906 g/mol. The number of carbonyl (C=O) groups is 5. The third kappa shape index (κ3) is 10.6. The van der Waals surface area contributed by atoms with Crippen molar-refractivity contribution in [2.45, 2.75) is 138 Å². The number of nitrogens with zero attached hydrogens (tertiary/aromatic N) is 2. The topological polar surface area (TPSA) is 221 Å². The highest BCUT2D eigenvalue weighted by molar-refractivity contribution is 7.90. The molecule has 0 spiro atoms. The Labute approximate surface area is 374 Å². The summed E-state index contributed by atoms with van der Waals surface area (Å²) >= 11 is 0. The maximum Gasteiger partial charge on any atom is 0.408 e. The van der Waals surface area contributed by atoms with Gasteiger partial charge in [-0.2, -0.15) is 0 Å². The molecule has 2 aliphatic heterocycles. The molecule has 2 aromatic rings. The van der Waals surface area contributed by atoms with Crippen LogP contribution in [0, 0.1) is 11.8 Å². The highest BCUT2D eigenvalue weighted by atomic mass is 32.2. The fourth-order valence-electron chi connectivity index (χ4n) is 9.48. The average molecular weight is 907 g/mol. The summed E-state index contributed by atoms with van der Waals surface area (Å²) < 4.78 is 52.8. The number of fused-ring (bicyclic) bond motifs is 3. The number of carbonyl (C=O) groups excluding carboxylic acids is 5. The van der Waals surface area contributed by atoms with Gasteiger partial charge in [-0.1, -0.05) is 56.8 Å². The van der Waals surface area contributed by atoms with Crippen molar-refractivity contribution in [3.05, 3.63) is 48.7 Å². The van der Waals surface area contributed by atoms with Crippen LogP contribution in [0.5, 0.6) is 11.6 Å². The number of ether oxygens (including phenoxy) is 4. The van der Waals surface area contributed by atoms with E-state index in [4.69, 9.17) is 18.9 Å². The van der Waals surface area contributed by atoms with Crippen molar-refractivity contribution in [2.75, 3.05) is 26.9 Å².